The molecule has 0 amide bonds. The van der Waals surface area contributed by atoms with Gasteiger partial charge in [0, 0.05) is 19.3 Å². The summed E-state index contributed by atoms with van der Waals surface area (Å²) in [6.07, 6.45) is 0. The second kappa shape index (κ2) is 11.8. The number of benzene rings is 6. The molecule has 0 unspecified atom stereocenters. The Balaban J connectivity index is 1.47. The molecule has 6 aromatic rings. The maximum Gasteiger partial charge on any atom is 0.0991 e. The van der Waals surface area contributed by atoms with Gasteiger partial charge in [-0.1, -0.05) is 112 Å². The van der Waals surface area contributed by atoms with E-state index in [1.54, 1.807) is 0 Å². The highest BCUT2D eigenvalue weighted by atomic mass is 32.2. The molecule has 0 spiro atoms. The Kier molecular flexibility index (Phi) is 7.72. The van der Waals surface area contributed by atoms with Gasteiger partial charge >= 0.3 is 0 Å². The van der Waals surface area contributed by atoms with Crippen molar-refractivity contribution >= 4 is 23.5 Å². The van der Waals surface area contributed by atoms with Crippen LogP contribution in [0, 0.1) is 11.3 Å². The van der Waals surface area contributed by atoms with Crippen LogP contribution >= 0.6 is 23.5 Å². The molecule has 50 heavy (non-hydrogen) atoms. The minimum absolute atomic E-state index is 0.123. The molecule has 1 nitrogen and oxygen atoms in total. The summed E-state index contributed by atoms with van der Waals surface area (Å²) in [5, 5.41) is 9.94. The van der Waals surface area contributed by atoms with Gasteiger partial charge in [-0.2, -0.15) is 5.26 Å². The van der Waals surface area contributed by atoms with E-state index in [0.29, 0.717) is 5.56 Å². The quantitative estimate of drug-likeness (QED) is 0.172. The van der Waals surface area contributed by atoms with E-state index in [0.717, 1.165) is 16.7 Å². The van der Waals surface area contributed by atoms with Crippen molar-refractivity contribution in [1.82, 2.24) is 0 Å². The van der Waals surface area contributed by atoms with Crippen molar-refractivity contribution in [2.45, 2.75) is 73.2 Å². The van der Waals surface area contributed by atoms with Gasteiger partial charge in [-0.25, -0.2) is 0 Å². The highest BCUT2D eigenvalue weighted by Gasteiger charge is 2.37. The van der Waals surface area contributed by atoms with Crippen LogP contribution in [-0.4, -0.2) is 0 Å². The molecule has 0 saturated carbocycles. The van der Waals surface area contributed by atoms with Gasteiger partial charge in [0.2, 0.25) is 0 Å². The maximum absolute atomic E-state index is 9.94. The van der Waals surface area contributed by atoms with Gasteiger partial charge in [0.1, 0.15) is 0 Å². The van der Waals surface area contributed by atoms with Crippen molar-refractivity contribution < 1.29 is 0 Å². The van der Waals surface area contributed by atoms with Crippen LogP contribution < -0.4 is 0 Å². The molecule has 0 radical (unpaired) electrons. The summed E-state index contributed by atoms with van der Waals surface area (Å²) in [5.74, 6) is 0. The van der Waals surface area contributed by atoms with E-state index in [-0.39, 0.29) is 14.9 Å². The fourth-order valence-electron chi connectivity index (χ4n) is 7.89. The lowest BCUT2D eigenvalue weighted by Gasteiger charge is -2.38. The zero-order valence-electron chi connectivity index (χ0n) is 29.8. The zero-order valence-corrected chi connectivity index (χ0v) is 31.4. The highest BCUT2D eigenvalue weighted by molar-refractivity contribution is 8.02. The Labute approximate surface area is 305 Å². The minimum Gasteiger partial charge on any atom is -0.192 e. The van der Waals surface area contributed by atoms with Crippen LogP contribution in [0.3, 0.4) is 0 Å². The summed E-state index contributed by atoms with van der Waals surface area (Å²) >= 11 is 3.98. The van der Waals surface area contributed by atoms with Gasteiger partial charge in [0.15, 0.2) is 0 Å². The van der Waals surface area contributed by atoms with Crippen LogP contribution in [0.2, 0.25) is 0 Å². The Hall–Kier alpha value is -4.49. The molecule has 0 N–H and O–H groups in total. The van der Waals surface area contributed by atoms with Crippen molar-refractivity contribution in [1.29, 1.82) is 5.26 Å². The average Bonchev–Trinajstić information content (AvgIpc) is 3.09. The number of fused-ring (bicyclic) bond motifs is 10. The molecule has 0 bridgehead atoms. The van der Waals surface area contributed by atoms with Crippen LogP contribution in [0.1, 0.15) is 70.7 Å². The molecule has 0 atom stereocenters. The molecule has 0 fully saturated rings. The smallest absolute Gasteiger partial charge is 0.0991 e. The lowest BCUT2D eigenvalue weighted by atomic mass is 9.75. The normalized spacial score (nSPS) is 15.2. The first-order valence-corrected chi connectivity index (χ1v) is 19.0. The average molecular weight is 684 g/mol. The number of nitrogens with zero attached hydrogens (tertiary/aromatic N) is 1. The number of hydrogen-bond donors (Lipinski definition) is 0. The van der Waals surface area contributed by atoms with Gasteiger partial charge < -0.3 is 0 Å². The molecular formula is C47H41NS2. The summed E-state index contributed by atoms with van der Waals surface area (Å²) in [6.45, 7) is 16.5. The van der Waals surface area contributed by atoms with E-state index in [9.17, 15) is 5.26 Å². The molecule has 1 aliphatic carbocycles. The first-order valence-electron chi connectivity index (χ1n) is 17.4. The molecule has 8 rings (SSSR count). The van der Waals surface area contributed by atoms with E-state index in [4.69, 9.17) is 0 Å². The Morgan fingerprint density at radius 3 is 1.62 bits per heavy atom. The zero-order chi connectivity index (χ0) is 35.0. The van der Waals surface area contributed by atoms with Crippen LogP contribution in [0.15, 0.2) is 131 Å². The molecular weight excluding hydrogens is 643 g/mol. The third-order valence-electron chi connectivity index (χ3n) is 10.3. The number of nitriles is 1. The first-order chi connectivity index (χ1) is 23.9. The molecule has 1 aliphatic heterocycles. The van der Waals surface area contributed by atoms with Crippen LogP contribution in [-0.2, 0) is 14.9 Å². The van der Waals surface area contributed by atoms with E-state index in [1.165, 1.54) is 65.4 Å². The van der Waals surface area contributed by atoms with Crippen molar-refractivity contribution in [3.8, 4) is 61.7 Å². The van der Waals surface area contributed by atoms with Gasteiger partial charge in [-0.3, -0.25) is 0 Å². The summed E-state index contributed by atoms with van der Waals surface area (Å²) in [7, 11) is 0. The Morgan fingerprint density at radius 1 is 0.480 bits per heavy atom. The van der Waals surface area contributed by atoms with Crippen molar-refractivity contribution in [3.63, 3.8) is 0 Å². The predicted molar refractivity (Wildman–Crippen MR) is 215 cm³/mol. The maximum atomic E-state index is 9.94. The highest BCUT2D eigenvalue weighted by Crippen LogP contribution is 2.58. The summed E-state index contributed by atoms with van der Waals surface area (Å²) < 4.78 is -0.270. The van der Waals surface area contributed by atoms with Crippen LogP contribution in [0.25, 0.3) is 55.6 Å². The lowest BCUT2D eigenvalue weighted by molar-refractivity contribution is 0.592. The lowest BCUT2D eigenvalue weighted by Crippen LogP contribution is -2.22. The predicted octanol–water partition coefficient (Wildman–Crippen LogP) is 13.9. The second-order valence-corrected chi connectivity index (χ2v) is 18.9. The van der Waals surface area contributed by atoms with Crippen molar-refractivity contribution in [2.75, 3.05) is 0 Å². The van der Waals surface area contributed by atoms with Gasteiger partial charge in [-0.05, 0) is 136 Å². The Bertz CT molecular complexity index is 2380. The van der Waals surface area contributed by atoms with E-state index in [2.05, 4.69) is 170 Å². The van der Waals surface area contributed by atoms with Crippen LogP contribution in [0.5, 0.6) is 0 Å². The van der Waals surface area contributed by atoms with E-state index < -0.39 is 0 Å². The van der Waals surface area contributed by atoms with E-state index in [1.807, 2.05) is 29.6 Å². The fourth-order valence-corrected chi connectivity index (χ4v) is 11.0. The largest absolute Gasteiger partial charge is 0.192 e. The standard InChI is InChI=1S/C47H41NS2/c1-45(2,3)42-27-38-31-16-9-8-15-30(31)34-24-23-29(28-48)25-36(34)32-17-10-11-18-33(32)37(38)26-39(42)35-19-14-21-41-44(35)50-46(4,5)40-20-12-13-22-43(40)49-47(41,6)7/h8-27H,1-7H3. The molecule has 3 heteroatoms. The molecule has 0 aromatic heterocycles. The summed E-state index contributed by atoms with van der Waals surface area (Å²) in [6, 6.07) is 47.0. The molecule has 0 saturated heterocycles. The minimum atomic E-state index is -0.135. The summed E-state index contributed by atoms with van der Waals surface area (Å²) in [4.78, 5) is 2.72. The molecule has 2 aliphatic rings. The third kappa shape index (κ3) is 5.33. The topological polar surface area (TPSA) is 23.8 Å². The first kappa shape index (κ1) is 32.7. The number of rotatable bonds is 1. The molecule has 6 aromatic carbocycles. The van der Waals surface area contributed by atoms with Crippen molar-refractivity contribution in [2.24, 2.45) is 0 Å². The molecule has 1 heterocycles. The fraction of sp³-hybridized carbons (Fsp3) is 0.213. The van der Waals surface area contributed by atoms with Gasteiger partial charge in [0.05, 0.1) is 11.6 Å². The van der Waals surface area contributed by atoms with Gasteiger partial charge in [-0.15, -0.1) is 23.5 Å². The van der Waals surface area contributed by atoms with E-state index >= 15 is 0 Å². The monoisotopic (exact) mass is 683 g/mol. The number of thioether (sulfide) groups is 2. The molecule has 246 valence electrons. The number of hydrogen-bond acceptors (Lipinski definition) is 3. The SMILES string of the molecule is CC(C)(C)c1cc2c(cc1-c1cccc3c1SC(C)(C)c1ccccc1SC3(C)C)-c1ccccc1-c1cc(C#N)ccc1-c1ccccc1-2. The van der Waals surface area contributed by atoms with Gasteiger partial charge in [0.25, 0.3) is 0 Å². The Morgan fingerprint density at radius 2 is 0.980 bits per heavy atom. The third-order valence-corrected chi connectivity index (χ3v) is 13.0. The second-order valence-electron chi connectivity index (χ2n) is 15.6. The summed E-state index contributed by atoms with van der Waals surface area (Å²) in [5.41, 5.74) is 16.7. The van der Waals surface area contributed by atoms with Crippen molar-refractivity contribution in [3.05, 3.63) is 144 Å². The van der Waals surface area contributed by atoms with Crippen LogP contribution in [0.4, 0.5) is 0 Å².